The maximum atomic E-state index is 11.6. The first-order chi connectivity index (χ1) is 7.88. The Morgan fingerprint density at radius 3 is 2.53 bits per heavy atom. The van der Waals surface area contributed by atoms with Crippen LogP contribution in [0.4, 0.5) is 0 Å². The Morgan fingerprint density at radius 2 is 2.00 bits per heavy atom. The molecule has 1 saturated heterocycles. The number of hydrogen-bond donors (Lipinski definition) is 2. The zero-order chi connectivity index (χ0) is 12.9. The number of nitrogens with one attached hydrogen (secondary N) is 1. The van der Waals surface area contributed by atoms with Crippen LogP contribution in [0.3, 0.4) is 0 Å². The van der Waals surface area contributed by atoms with E-state index in [0.717, 1.165) is 13.0 Å². The number of hydrogen-bond acceptors (Lipinski definition) is 3. The van der Waals surface area contributed by atoms with Crippen molar-refractivity contribution in [3.63, 3.8) is 0 Å². The van der Waals surface area contributed by atoms with Crippen molar-refractivity contribution in [2.45, 2.75) is 58.0 Å². The molecule has 0 aromatic carbocycles. The van der Waals surface area contributed by atoms with Crippen molar-refractivity contribution in [1.82, 2.24) is 10.2 Å². The molecule has 1 heterocycles. The molecule has 1 aliphatic heterocycles. The molecule has 0 aromatic rings. The summed E-state index contributed by atoms with van der Waals surface area (Å²) in [6.07, 6.45) is 3.84. The molecule has 0 spiro atoms. The molecule has 17 heavy (non-hydrogen) atoms. The molecule has 0 aromatic heterocycles. The minimum atomic E-state index is -0.252. The van der Waals surface area contributed by atoms with Gasteiger partial charge in [0.2, 0.25) is 5.91 Å². The zero-order valence-corrected chi connectivity index (χ0v) is 11.5. The number of carbonyl (C=O) groups excluding carboxylic acids is 1. The summed E-state index contributed by atoms with van der Waals surface area (Å²) in [6, 6.07) is 0.451. The van der Waals surface area contributed by atoms with Gasteiger partial charge in [0.25, 0.3) is 0 Å². The van der Waals surface area contributed by atoms with E-state index < -0.39 is 0 Å². The van der Waals surface area contributed by atoms with Crippen LogP contribution >= 0.6 is 0 Å². The minimum absolute atomic E-state index is 0.120. The quantitative estimate of drug-likeness (QED) is 0.732. The molecular weight excluding hydrogens is 214 g/mol. The lowest BCUT2D eigenvalue weighted by Gasteiger charge is -2.24. The normalized spacial score (nSPS) is 19.3. The first-order valence-electron chi connectivity index (χ1n) is 6.68. The zero-order valence-electron chi connectivity index (χ0n) is 11.5. The number of rotatable bonds is 6. The van der Waals surface area contributed by atoms with Gasteiger partial charge < -0.3 is 11.1 Å². The van der Waals surface area contributed by atoms with Gasteiger partial charge in [0, 0.05) is 24.5 Å². The highest BCUT2D eigenvalue weighted by molar-refractivity contribution is 5.75. The standard InChI is InChI=1S/C13H27N3O/c1-11(16-8-4-5-9-16)10-15-12(17)6-7-13(2,3)14/h11H,4-10,14H2,1-3H3,(H,15,17). The molecule has 0 radical (unpaired) electrons. The van der Waals surface area contributed by atoms with Gasteiger partial charge in [-0.3, -0.25) is 9.69 Å². The summed E-state index contributed by atoms with van der Waals surface area (Å²) in [6.45, 7) is 9.18. The lowest BCUT2D eigenvalue weighted by molar-refractivity contribution is -0.121. The predicted octanol–water partition coefficient (Wildman–Crippen LogP) is 1.10. The summed E-state index contributed by atoms with van der Waals surface area (Å²) >= 11 is 0. The van der Waals surface area contributed by atoms with Crippen molar-refractivity contribution in [3.05, 3.63) is 0 Å². The van der Waals surface area contributed by atoms with Gasteiger partial charge >= 0.3 is 0 Å². The van der Waals surface area contributed by atoms with Gasteiger partial charge in [-0.2, -0.15) is 0 Å². The summed E-state index contributed by atoms with van der Waals surface area (Å²) < 4.78 is 0. The minimum Gasteiger partial charge on any atom is -0.355 e. The molecule has 1 amide bonds. The lowest BCUT2D eigenvalue weighted by Crippen LogP contribution is -2.41. The van der Waals surface area contributed by atoms with Crippen LogP contribution in [-0.4, -0.2) is 42.0 Å². The maximum absolute atomic E-state index is 11.6. The van der Waals surface area contributed by atoms with Gasteiger partial charge in [-0.1, -0.05) is 0 Å². The molecule has 4 nitrogen and oxygen atoms in total. The van der Waals surface area contributed by atoms with Gasteiger partial charge in [0.1, 0.15) is 0 Å². The van der Waals surface area contributed by atoms with Crippen molar-refractivity contribution < 1.29 is 4.79 Å². The van der Waals surface area contributed by atoms with Crippen LogP contribution in [0.1, 0.15) is 46.5 Å². The van der Waals surface area contributed by atoms with Gasteiger partial charge in [-0.15, -0.1) is 0 Å². The topological polar surface area (TPSA) is 58.4 Å². The number of carbonyl (C=O) groups is 1. The Morgan fingerprint density at radius 1 is 1.41 bits per heavy atom. The van der Waals surface area contributed by atoms with E-state index in [1.807, 2.05) is 13.8 Å². The molecular formula is C13H27N3O. The Hall–Kier alpha value is -0.610. The molecule has 4 heteroatoms. The first-order valence-corrected chi connectivity index (χ1v) is 6.68. The van der Waals surface area contributed by atoms with E-state index >= 15 is 0 Å². The summed E-state index contributed by atoms with van der Waals surface area (Å²) in [5.41, 5.74) is 5.60. The van der Waals surface area contributed by atoms with Crippen LogP contribution in [0.2, 0.25) is 0 Å². The fourth-order valence-electron chi connectivity index (χ4n) is 2.10. The van der Waals surface area contributed by atoms with Gasteiger partial charge in [0.15, 0.2) is 0 Å². The average Bonchev–Trinajstić information content (AvgIpc) is 2.75. The smallest absolute Gasteiger partial charge is 0.220 e. The third-order valence-electron chi connectivity index (χ3n) is 3.36. The number of nitrogens with two attached hydrogens (primary N) is 1. The van der Waals surface area contributed by atoms with E-state index in [9.17, 15) is 4.79 Å². The second-order valence-corrected chi connectivity index (χ2v) is 5.88. The summed E-state index contributed by atoms with van der Waals surface area (Å²) in [5.74, 6) is 0.120. The van der Waals surface area contributed by atoms with Gasteiger partial charge in [0.05, 0.1) is 0 Å². The fraction of sp³-hybridized carbons (Fsp3) is 0.923. The average molecular weight is 241 g/mol. The highest BCUT2D eigenvalue weighted by Gasteiger charge is 2.19. The van der Waals surface area contributed by atoms with Crippen LogP contribution in [0, 0.1) is 0 Å². The molecule has 0 saturated carbocycles. The van der Waals surface area contributed by atoms with E-state index in [-0.39, 0.29) is 11.4 Å². The lowest BCUT2D eigenvalue weighted by atomic mass is 10.00. The summed E-state index contributed by atoms with van der Waals surface area (Å²) in [5, 5.41) is 3.00. The van der Waals surface area contributed by atoms with E-state index in [1.54, 1.807) is 0 Å². The maximum Gasteiger partial charge on any atom is 0.220 e. The Balaban J connectivity index is 2.14. The van der Waals surface area contributed by atoms with Crippen LogP contribution in [0.15, 0.2) is 0 Å². The Labute approximate surface area is 105 Å². The fourth-order valence-corrected chi connectivity index (χ4v) is 2.10. The third-order valence-corrected chi connectivity index (χ3v) is 3.36. The van der Waals surface area contributed by atoms with Crippen molar-refractivity contribution in [1.29, 1.82) is 0 Å². The second kappa shape index (κ2) is 6.36. The Kier molecular flexibility index (Phi) is 5.40. The number of amides is 1. The van der Waals surface area contributed by atoms with Crippen LogP contribution in [0.5, 0.6) is 0 Å². The molecule has 100 valence electrons. The summed E-state index contributed by atoms with van der Waals surface area (Å²) in [7, 11) is 0. The highest BCUT2D eigenvalue weighted by Crippen LogP contribution is 2.11. The largest absolute Gasteiger partial charge is 0.355 e. The van der Waals surface area contributed by atoms with Gasteiger partial charge in [-0.05, 0) is 53.1 Å². The van der Waals surface area contributed by atoms with Crippen molar-refractivity contribution in [2.24, 2.45) is 5.73 Å². The van der Waals surface area contributed by atoms with E-state index in [0.29, 0.717) is 12.5 Å². The third kappa shape index (κ3) is 6.03. The highest BCUT2D eigenvalue weighted by atomic mass is 16.1. The van der Waals surface area contributed by atoms with E-state index in [1.165, 1.54) is 25.9 Å². The first kappa shape index (κ1) is 14.5. The molecule has 3 N–H and O–H groups in total. The molecule has 1 unspecified atom stereocenters. The molecule has 1 rings (SSSR count). The molecule has 0 aliphatic carbocycles. The number of likely N-dealkylation sites (tertiary alicyclic amines) is 1. The number of nitrogens with zero attached hydrogens (tertiary/aromatic N) is 1. The van der Waals surface area contributed by atoms with Gasteiger partial charge in [-0.25, -0.2) is 0 Å². The second-order valence-electron chi connectivity index (χ2n) is 5.88. The SMILES string of the molecule is CC(CNC(=O)CCC(C)(C)N)N1CCCC1. The molecule has 1 atom stereocenters. The monoisotopic (exact) mass is 241 g/mol. The van der Waals surface area contributed by atoms with E-state index in [2.05, 4.69) is 17.1 Å². The van der Waals surface area contributed by atoms with Crippen LogP contribution < -0.4 is 11.1 Å². The van der Waals surface area contributed by atoms with Crippen LogP contribution in [-0.2, 0) is 4.79 Å². The summed E-state index contributed by atoms with van der Waals surface area (Å²) in [4.78, 5) is 14.1. The molecule has 1 fully saturated rings. The van der Waals surface area contributed by atoms with Crippen LogP contribution in [0.25, 0.3) is 0 Å². The molecule has 0 bridgehead atoms. The predicted molar refractivity (Wildman–Crippen MR) is 70.8 cm³/mol. The van der Waals surface area contributed by atoms with E-state index in [4.69, 9.17) is 5.73 Å². The van der Waals surface area contributed by atoms with Crippen molar-refractivity contribution in [2.75, 3.05) is 19.6 Å². The Bertz CT molecular complexity index is 242. The molecule has 1 aliphatic rings. The van der Waals surface area contributed by atoms with Crippen molar-refractivity contribution in [3.8, 4) is 0 Å². The van der Waals surface area contributed by atoms with Crippen molar-refractivity contribution >= 4 is 5.91 Å².